The molecule has 0 bridgehead atoms. The summed E-state index contributed by atoms with van der Waals surface area (Å²) in [5, 5.41) is 0. The number of allylic oxidation sites excluding steroid dienone is 1. The van der Waals surface area contributed by atoms with E-state index < -0.39 is 20.4 Å². The van der Waals surface area contributed by atoms with Gasteiger partial charge in [-0.25, -0.2) is 0 Å². The molecule has 0 spiro atoms. The van der Waals surface area contributed by atoms with Gasteiger partial charge in [0.05, 0.1) is 0 Å². The SMILES string of the molecule is C=C(C)C(=O)C(=O)CC[Si](OCC)(OCC)OCC. The number of hydrogen-bond donors (Lipinski definition) is 0. The molecule has 5 nitrogen and oxygen atoms in total. The first-order valence-corrected chi connectivity index (χ1v) is 8.50. The van der Waals surface area contributed by atoms with Crippen molar-refractivity contribution in [1.29, 1.82) is 0 Å². The van der Waals surface area contributed by atoms with Gasteiger partial charge in [0.2, 0.25) is 11.6 Å². The lowest BCUT2D eigenvalue weighted by molar-refractivity contribution is -0.134. The molecule has 0 atom stereocenters. The quantitative estimate of drug-likeness (QED) is 0.331. The average molecular weight is 288 g/mol. The van der Waals surface area contributed by atoms with E-state index in [1.165, 1.54) is 6.92 Å². The van der Waals surface area contributed by atoms with E-state index in [0.717, 1.165) is 0 Å². The van der Waals surface area contributed by atoms with Gasteiger partial charge in [-0.15, -0.1) is 0 Å². The summed E-state index contributed by atoms with van der Waals surface area (Å²) in [5.41, 5.74) is 0.251. The summed E-state index contributed by atoms with van der Waals surface area (Å²) in [6.45, 7) is 11.9. The fourth-order valence-corrected chi connectivity index (χ4v) is 4.16. The maximum Gasteiger partial charge on any atom is 0.501 e. The standard InChI is InChI=1S/C13H24O5Si/c1-6-16-19(17-7-2,18-8-3)10-9-12(14)13(15)11(4)5/h4,6-10H2,1-3,5H3. The van der Waals surface area contributed by atoms with Crippen LogP contribution in [0, 0.1) is 0 Å². The zero-order valence-electron chi connectivity index (χ0n) is 12.3. The van der Waals surface area contributed by atoms with Crippen molar-refractivity contribution < 1.29 is 22.9 Å². The van der Waals surface area contributed by atoms with Gasteiger partial charge < -0.3 is 13.3 Å². The van der Waals surface area contributed by atoms with Crippen LogP contribution in [0.5, 0.6) is 0 Å². The summed E-state index contributed by atoms with van der Waals surface area (Å²) < 4.78 is 16.8. The second-order valence-electron chi connectivity index (χ2n) is 4.01. The Morgan fingerprint density at radius 1 is 1.00 bits per heavy atom. The molecule has 0 fully saturated rings. The molecule has 0 aromatic carbocycles. The number of rotatable bonds is 11. The van der Waals surface area contributed by atoms with Gasteiger partial charge in [0.25, 0.3) is 0 Å². The molecule has 0 amide bonds. The van der Waals surface area contributed by atoms with E-state index in [2.05, 4.69) is 6.58 Å². The van der Waals surface area contributed by atoms with Crippen molar-refractivity contribution in [2.45, 2.75) is 40.2 Å². The van der Waals surface area contributed by atoms with Crippen LogP contribution in [0.2, 0.25) is 6.04 Å². The summed E-state index contributed by atoms with van der Waals surface area (Å²) in [5.74, 6) is -1.00. The van der Waals surface area contributed by atoms with Gasteiger partial charge in [-0.2, -0.15) is 0 Å². The molecule has 0 heterocycles. The maximum atomic E-state index is 11.7. The largest absolute Gasteiger partial charge is 0.501 e. The van der Waals surface area contributed by atoms with Gasteiger partial charge in [0.1, 0.15) is 0 Å². The molecule has 0 saturated carbocycles. The minimum Gasteiger partial charge on any atom is -0.374 e. The van der Waals surface area contributed by atoms with Crippen molar-refractivity contribution in [2.75, 3.05) is 19.8 Å². The summed E-state index contributed by atoms with van der Waals surface area (Å²) in [6, 6.07) is 0.320. The molecule has 0 aromatic heterocycles. The van der Waals surface area contributed by atoms with Crippen LogP contribution in [0.4, 0.5) is 0 Å². The van der Waals surface area contributed by atoms with Crippen LogP contribution < -0.4 is 0 Å². The Kier molecular flexibility index (Phi) is 8.74. The van der Waals surface area contributed by atoms with Crippen molar-refractivity contribution in [3.63, 3.8) is 0 Å². The van der Waals surface area contributed by atoms with Gasteiger partial charge in [-0.1, -0.05) is 6.58 Å². The number of ketones is 2. The molecule has 0 aliphatic carbocycles. The Labute approximate surface area is 116 Å². The van der Waals surface area contributed by atoms with Crippen LogP contribution >= 0.6 is 0 Å². The first-order valence-electron chi connectivity index (χ1n) is 6.57. The van der Waals surface area contributed by atoms with E-state index >= 15 is 0 Å². The zero-order chi connectivity index (χ0) is 14.9. The summed E-state index contributed by atoms with van der Waals surface area (Å²) >= 11 is 0. The molecule has 0 saturated heterocycles. The highest BCUT2D eigenvalue weighted by molar-refractivity contribution is 6.61. The highest BCUT2D eigenvalue weighted by atomic mass is 28.4. The van der Waals surface area contributed by atoms with Crippen LogP contribution in [0.3, 0.4) is 0 Å². The fraction of sp³-hybridized carbons (Fsp3) is 0.692. The molecule has 0 rings (SSSR count). The predicted octanol–water partition coefficient (Wildman–Crippen LogP) is 2.14. The third-order valence-corrected chi connectivity index (χ3v) is 5.44. The molecule has 0 radical (unpaired) electrons. The van der Waals surface area contributed by atoms with Gasteiger partial charge in [-0.3, -0.25) is 9.59 Å². The zero-order valence-corrected chi connectivity index (χ0v) is 13.3. The Morgan fingerprint density at radius 3 is 1.74 bits per heavy atom. The van der Waals surface area contributed by atoms with Crippen LogP contribution in [-0.4, -0.2) is 40.2 Å². The topological polar surface area (TPSA) is 61.8 Å². The maximum absolute atomic E-state index is 11.7. The molecule has 110 valence electrons. The van der Waals surface area contributed by atoms with E-state index in [0.29, 0.717) is 25.9 Å². The Morgan fingerprint density at radius 2 is 1.42 bits per heavy atom. The van der Waals surface area contributed by atoms with Gasteiger partial charge >= 0.3 is 8.80 Å². The fourth-order valence-electron chi connectivity index (χ4n) is 1.62. The average Bonchev–Trinajstić information content (AvgIpc) is 2.36. The Balaban J connectivity index is 4.67. The van der Waals surface area contributed by atoms with Crippen molar-refractivity contribution >= 4 is 20.4 Å². The molecule has 0 aliphatic rings. The molecule has 0 aromatic rings. The van der Waals surface area contributed by atoms with Crippen LogP contribution in [-0.2, 0) is 22.9 Å². The minimum absolute atomic E-state index is 0.0674. The molecule has 0 aliphatic heterocycles. The van der Waals surface area contributed by atoms with Gasteiger partial charge in [0, 0.05) is 32.3 Å². The molecular formula is C13H24O5Si. The van der Waals surface area contributed by atoms with E-state index in [4.69, 9.17) is 13.3 Å². The lowest BCUT2D eigenvalue weighted by Gasteiger charge is -2.28. The molecular weight excluding hydrogens is 264 g/mol. The second-order valence-corrected chi connectivity index (χ2v) is 6.75. The van der Waals surface area contributed by atoms with Crippen molar-refractivity contribution in [3.8, 4) is 0 Å². The summed E-state index contributed by atoms with van der Waals surface area (Å²) in [7, 11) is -2.84. The molecule has 6 heteroatoms. The lowest BCUT2D eigenvalue weighted by Crippen LogP contribution is -2.46. The first-order chi connectivity index (χ1) is 8.92. The number of hydrogen-bond acceptors (Lipinski definition) is 5. The van der Waals surface area contributed by atoms with Crippen molar-refractivity contribution in [2.24, 2.45) is 0 Å². The lowest BCUT2D eigenvalue weighted by atomic mass is 10.1. The summed E-state index contributed by atoms with van der Waals surface area (Å²) in [6.07, 6.45) is 0.0674. The summed E-state index contributed by atoms with van der Waals surface area (Å²) in [4.78, 5) is 23.2. The van der Waals surface area contributed by atoms with Gasteiger partial charge in [0.15, 0.2) is 0 Å². The third-order valence-electron chi connectivity index (χ3n) is 2.39. The monoisotopic (exact) mass is 288 g/mol. The normalized spacial score (nSPS) is 11.4. The molecule has 0 N–H and O–H groups in total. The molecule has 0 unspecified atom stereocenters. The predicted molar refractivity (Wildman–Crippen MR) is 74.9 cm³/mol. The Hall–Kier alpha value is -0.823. The smallest absolute Gasteiger partial charge is 0.374 e. The van der Waals surface area contributed by atoms with E-state index in [1.807, 2.05) is 20.8 Å². The van der Waals surface area contributed by atoms with Crippen LogP contribution in [0.25, 0.3) is 0 Å². The highest BCUT2D eigenvalue weighted by Gasteiger charge is 2.41. The molecule has 19 heavy (non-hydrogen) atoms. The number of Topliss-reactive ketones (excluding diaryl/α,β-unsaturated/α-hetero) is 2. The van der Waals surface area contributed by atoms with Crippen molar-refractivity contribution in [1.82, 2.24) is 0 Å². The highest BCUT2D eigenvalue weighted by Crippen LogP contribution is 2.18. The number of carbonyl (C=O) groups is 2. The first kappa shape index (κ1) is 18.2. The minimum atomic E-state index is -2.84. The third kappa shape index (κ3) is 6.24. The van der Waals surface area contributed by atoms with Crippen molar-refractivity contribution in [3.05, 3.63) is 12.2 Å². The van der Waals surface area contributed by atoms with Gasteiger partial charge in [-0.05, 0) is 33.3 Å². The Bertz CT molecular complexity index is 310. The van der Waals surface area contributed by atoms with Crippen LogP contribution in [0.1, 0.15) is 34.1 Å². The van der Waals surface area contributed by atoms with E-state index in [1.54, 1.807) is 0 Å². The van der Waals surface area contributed by atoms with E-state index in [-0.39, 0.29) is 12.0 Å². The second kappa shape index (κ2) is 9.14. The number of carbonyl (C=O) groups excluding carboxylic acids is 2. The van der Waals surface area contributed by atoms with Crippen LogP contribution in [0.15, 0.2) is 12.2 Å². The van der Waals surface area contributed by atoms with E-state index in [9.17, 15) is 9.59 Å².